The number of rotatable bonds is 4. The molecule has 0 radical (unpaired) electrons. The largest absolute Gasteiger partial charge is 0.308 e. The van der Waals surface area contributed by atoms with Crippen molar-refractivity contribution < 1.29 is 4.79 Å². The van der Waals surface area contributed by atoms with Crippen LogP contribution in [0.15, 0.2) is 66.9 Å². The summed E-state index contributed by atoms with van der Waals surface area (Å²) in [6, 6.07) is 20.9. The highest BCUT2D eigenvalue weighted by Crippen LogP contribution is 2.49. The summed E-state index contributed by atoms with van der Waals surface area (Å²) in [6.07, 6.45) is 3.39. The Morgan fingerprint density at radius 1 is 1.12 bits per heavy atom. The molecule has 1 fully saturated rings. The van der Waals surface area contributed by atoms with Gasteiger partial charge in [-0.05, 0) is 42.7 Å². The fraction of sp³-hybridized carbons (Fsp3) is 0.150. The van der Waals surface area contributed by atoms with E-state index >= 15 is 0 Å². The minimum Gasteiger partial charge on any atom is -0.308 e. The van der Waals surface area contributed by atoms with Gasteiger partial charge in [0.25, 0.3) is 0 Å². The summed E-state index contributed by atoms with van der Waals surface area (Å²) in [4.78, 5) is 12.8. The van der Waals surface area contributed by atoms with Crippen molar-refractivity contribution >= 4 is 11.7 Å². The molecule has 3 aromatic rings. The number of nitrogens with zero attached hydrogens (tertiary/aromatic N) is 3. The first-order valence-corrected chi connectivity index (χ1v) is 8.14. The average molecular weight is 328 g/mol. The van der Waals surface area contributed by atoms with Crippen molar-refractivity contribution in [1.82, 2.24) is 9.78 Å². The van der Waals surface area contributed by atoms with E-state index in [2.05, 4.69) is 16.5 Å². The number of para-hydroxylation sites is 1. The molecule has 2 aromatic carbocycles. The van der Waals surface area contributed by atoms with Crippen LogP contribution >= 0.6 is 0 Å². The number of hydrogen-bond acceptors (Lipinski definition) is 3. The van der Waals surface area contributed by atoms with E-state index in [1.807, 2.05) is 48.7 Å². The Balaban J connectivity index is 1.54. The summed E-state index contributed by atoms with van der Waals surface area (Å²) in [5, 5.41) is 16.4. The van der Waals surface area contributed by atoms with Gasteiger partial charge in [-0.3, -0.25) is 4.79 Å². The Bertz CT molecular complexity index is 965. The maximum absolute atomic E-state index is 12.8. The highest BCUT2D eigenvalue weighted by atomic mass is 16.2. The smallest absolute Gasteiger partial charge is 0.236 e. The molecule has 0 aliphatic heterocycles. The van der Waals surface area contributed by atoms with Crippen LogP contribution in [0.5, 0.6) is 0 Å². The predicted molar refractivity (Wildman–Crippen MR) is 94.3 cm³/mol. The van der Waals surface area contributed by atoms with E-state index in [9.17, 15) is 4.79 Å². The SMILES string of the molecule is N#Cc1cccc(C2(C(=O)Nc3ccn(-c4ccccc4)n3)CC2)c1. The van der Waals surface area contributed by atoms with Crippen molar-refractivity contribution in [1.29, 1.82) is 5.26 Å². The van der Waals surface area contributed by atoms with Crippen molar-refractivity contribution in [2.75, 3.05) is 5.32 Å². The Morgan fingerprint density at radius 3 is 2.64 bits per heavy atom. The van der Waals surface area contributed by atoms with E-state index in [4.69, 9.17) is 5.26 Å². The molecule has 5 nitrogen and oxygen atoms in total. The van der Waals surface area contributed by atoms with E-state index in [-0.39, 0.29) is 5.91 Å². The topological polar surface area (TPSA) is 70.7 Å². The van der Waals surface area contributed by atoms with Crippen molar-refractivity contribution in [2.45, 2.75) is 18.3 Å². The van der Waals surface area contributed by atoms with Gasteiger partial charge in [-0.1, -0.05) is 30.3 Å². The monoisotopic (exact) mass is 328 g/mol. The molecular weight excluding hydrogens is 312 g/mol. The maximum Gasteiger partial charge on any atom is 0.236 e. The van der Waals surface area contributed by atoms with Crippen LogP contribution in [0.2, 0.25) is 0 Å². The number of nitrogens with one attached hydrogen (secondary N) is 1. The van der Waals surface area contributed by atoms with Crippen molar-refractivity contribution in [3.05, 3.63) is 78.0 Å². The normalized spacial score (nSPS) is 14.5. The van der Waals surface area contributed by atoms with Crippen LogP contribution in [-0.4, -0.2) is 15.7 Å². The number of carbonyl (C=O) groups is 1. The molecule has 0 spiro atoms. The van der Waals surface area contributed by atoms with Crippen LogP contribution in [-0.2, 0) is 10.2 Å². The molecule has 1 aromatic heterocycles. The van der Waals surface area contributed by atoms with Crippen LogP contribution in [0.1, 0.15) is 24.0 Å². The van der Waals surface area contributed by atoms with Gasteiger partial charge in [0.2, 0.25) is 5.91 Å². The van der Waals surface area contributed by atoms with Gasteiger partial charge in [0.1, 0.15) is 0 Å². The molecule has 1 aliphatic rings. The number of nitriles is 1. The second kappa shape index (κ2) is 5.91. The minimum absolute atomic E-state index is 0.0686. The van der Waals surface area contributed by atoms with E-state index in [0.29, 0.717) is 11.4 Å². The van der Waals surface area contributed by atoms with Crippen LogP contribution in [0.3, 0.4) is 0 Å². The Kier molecular flexibility index (Phi) is 3.58. The second-order valence-corrected chi connectivity index (χ2v) is 6.21. The Hall–Kier alpha value is -3.39. The van der Waals surface area contributed by atoms with Crippen molar-refractivity contribution in [2.24, 2.45) is 0 Å². The van der Waals surface area contributed by atoms with Crippen LogP contribution in [0.25, 0.3) is 5.69 Å². The quantitative estimate of drug-likeness (QED) is 0.798. The summed E-state index contributed by atoms with van der Waals surface area (Å²) < 4.78 is 1.73. The van der Waals surface area contributed by atoms with Gasteiger partial charge in [0.15, 0.2) is 5.82 Å². The molecular formula is C20H16N4O. The zero-order chi connectivity index (χ0) is 17.3. The summed E-state index contributed by atoms with van der Waals surface area (Å²) >= 11 is 0. The van der Waals surface area contributed by atoms with Gasteiger partial charge in [0, 0.05) is 12.3 Å². The minimum atomic E-state index is -0.538. The lowest BCUT2D eigenvalue weighted by Gasteiger charge is -2.15. The fourth-order valence-electron chi connectivity index (χ4n) is 3.01. The number of carbonyl (C=O) groups excluding carboxylic acids is 1. The second-order valence-electron chi connectivity index (χ2n) is 6.21. The third-order valence-corrected chi connectivity index (χ3v) is 4.58. The summed E-state index contributed by atoms with van der Waals surface area (Å²) in [5.41, 5.74) is 1.87. The summed E-state index contributed by atoms with van der Waals surface area (Å²) in [6.45, 7) is 0. The molecule has 0 saturated heterocycles. The molecule has 1 amide bonds. The third-order valence-electron chi connectivity index (χ3n) is 4.58. The molecule has 1 aliphatic carbocycles. The van der Waals surface area contributed by atoms with Crippen molar-refractivity contribution in [3.8, 4) is 11.8 Å². The number of benzene rings is 2. The summed E-state index contributed by atoms with van der Waals surface area (Å²) in [7, 11) is 0. The maximum atomic E-state index is 12.8. The zero-order valence-corrected chi connectivity index (χ0v) is 13.5. The highest BCUT2D eigenvalue weighted by molar-refractivity contribution is 6.00. The number of anilines is 1. The summed E-state index contributed by atoms with van der Waals surface area (Å²) in [5.74, 6) is 0.456. The van der Waals surface area contributed by atoms with Crippen LogP contribution in [0.4, 0.5) is 5.82 Å². The predicted octanol–water partition coefficient (Wildman–Crippen LogP) is 3.41. The van der Waals surface area contributed by atoms with Gasteiger partial charge in [-0.2, -0.15) is 10.4 Å². The van der Waals surface area contributed by atoms with E-state index in [0.717, 1.165) is 24.1 Å². The molecule has 4 rings (SSSR count). The first kappa shape index (κ1) is 15.2. The molecule has 1 saturated carbocycles. The molecule has 1 heterocycles. The van der Waals surface area contributed by atoms with Gasteiger partial charge < -0.3 is 5.32 Å². The van der Waals surface area contributed by atoms with Crippen LogP contribution < -0.4 is 5.32 Å². The molecule has 5 heteroatoms. The van der Waals surface area contributed by atoms with Crippen LogP contribution in [0, 0.1) is 11.3 Å². The Labute approximate surface area is 145 Å². The van der Waals surface area contributed by atoms with Gasteiger partial charge in [-0.25, -0.2) is 4.68 Å². The lowest BCUT2D eigenvalue weighted by atomic mass is 9.93. The molecule has 0 unspecified atom stereocenters. The van der Waals surface area contributed by atoms with E-state index < -0.39 is 5.41 Å². The van der Waals surface area contributed by atoms with Gasteiger partial charge in [0.05, 0.1) is 22.7 Å². The third kappa shape index (κ3) is 2.79. The Morgan fingerprint density at radius 2 is 1.92 bits per heavy atom. The lowest BCUT2D eigenvalue weighted by Crippen LogP contribution is -2.28. The van der Waals surface area contributed by atoms with Crippen molar-refractivity contribution in [3.63, 3.8) is 0 Å². The molecule has 122 valence electrons. The van der Waals surface area contributed by atoms with E-state index in [1.54, 1.807) is 22.9 Å². The van der Waals surface area contributed by atoms with E-state index in [1.165, 1.54) is 0 Å². The number of aromatic nitrogens is 2. The zero-order valence-electron chi connectivity index (χ0n) is 13.5. The van der Waals surface area contributed by atoms with Gasteiger partial charge in [-0.15, -0.1) is 0 Å². The first-order valence-electron chi connectivity index (χ1n) is 8.14. The van der Waals surface area contributed by atoms with Gasteiger partial charge >= 0.3 is 0 Å². The standard InChI is InChI=1S/C20H16N4O/c21-14-15-5-4-6-16(13-15)20(10-11-20)19(25)22-18-9-12-24(23-18)17-7-2-1-3-8-17/h1-9,12-13H,10-11H2,(H,22,23,25). The molecule has 0 atom stereocenters. The lowest BCUT2D eigenvalue weighted by molar-refractivity contribution is -0.118. The average Bonchev–Trinajstić information content (AvgIpc) is 3.36. The number of amides is 1. The molecule has 1 N–H and O–H groups in total. The molecule has 0 bridgehead atoms. The molecule has 25 heavy (non-hydrogen) atoms. The number of hydrogen-bond donors (Lipinski definition) is 1. The first-order chi connectivity index (χ1) is 12.2. The highest BCUT2D eigenvalue weighted by Gasteiger charge is 2.51. The fourth-order valence-corrected chi connectivity index (χ4v) is 3.01.